The Morgan fingerprint density at radius 2 is 1.68 bits per heavy atom. The summed E-state index contributed by atoms with van der Waals surface area (Å²) in [6.45, 7) is 0. The van der Waals surface area contributed by atoms with Crippen LogP contribution in [0.3, 0.4) is 0 Å². The normalized spacial score (nSPS) is 12.1. The smallest absolute Gasteiger partial charge is 0.270 e. The number of benzene rings is 2. The van der Waals surface area contributed by atoms with Crippen LogP contribution in [-0.2, 0) is 20.3 Å². The monoisotopic (exact) mass is 461 g/mol. The minimum atomic E-state index is -3.89. The number of aromatic nitrogens is 1. The van der Waals surface area contributed by atoms with Crippen LogP contribution in [0.25, 0.3) is 0 Å². The molecule has 3 rings (SSSR count). The summed E-state index contributed by atoms with van der Waals surface area (Å²) in [5.41, 5.74) is 1.09. The average molecular weight is 462 g/mol. The number of hydrogen-bond donors (Lipinski definition) is 2. The fraction of sp³-hybridized carbons (Fsp3) is 0.0952. The summed E-state index contributed by atoms with van der Waals surface area (Å²) in [6.07, 6.45) is 1.10. The summed E-state index contributed by atoms with van der Waals surface area (Å²) >= 11 is 0. The quantitative estimate of drug-likeness (QED) is 0.526. The molecule has 7 nitrogen and oxygen atoms in total. The predicted molar refractivity (Wildman–Crippen MR) is 114 cm³/mol. The lowest BCUT2D eigenvalue weighted by molar-refractivity contribution is -0.118. The van der Waals surface area contributed by atoms with E-state index in [9.17, 15) is 22.4 Å². The second-order valence-corrected chi connectivity index (χ2v) is 9.09. The number of amides is 2. The van der Waals surface area contributed by atoms with E-state index >= 15 is 0 Å². The van der Waals surface area contributed by atoms with Gasteiger partial charge in [-0.1, -0.05) is 30.3 Å². The van der Waals surface area contributed by atoms with E-state index in [1.807, 2.05) is 18.2 Å². The molecule has 3 aromatic rings. The highest BCUT2D eigenvalue weighted by Gasteiger charge is 2.23. The van der Waals surface area contributed by atoms with E-state index in [2.05, 4.69) is 15.6 Å². The van der Waals surface area contributed by atoms with Gasteiger partial charge in [-0.05, 0) is 42.0 Å². The Labute approximate surface area is 182 Å². The van der Waals surface area contributed by atoms with Crippen LogP contribution in [0.1, 0.15) is 16.1 Å². The van der Waals surface area contributed by atoms with Gasteiger partial charge in [0.25, 0.3) is 15.0 Å². The number of nitrogens with one attached hydrogen (secondary N) is 2. The van der Waals surface area contributed by atoms with Crippen LogP contribution in [0.15, 0.2) is 77.8 Å². The zero-order valence-electron chi connectivity index (χ0n) is 16.0. The van der Waals surface area contributed by atoms with Crippen molar-refractivity contribution in [1.29, 1.82) is 0 Å². The second kappa shape index (κ2) is 9.67. The summed E-state index contributed by atoms with van der Waals surface area (Å²) in [4.78, 5) is 29.0. The molecule has 160 valence electrons. The Kier molecular flexibility index (Phi) is 6.98. The van der Waals surface area contributed by atoms with Gasteiger partial charge in [-0.15, -0.1) is 0 Å². The van der Waals surface area contributed by atoms with Crippen LogP contribution in [0.4, 0.5) is 10.1 Å². The molecule has 10 heteroatoms. The van der Waals surface area contributed by atoms with Crippen LogP contribution < -0.4 is 10.6 Å². The number of carbonyl (C=O) groups excluding carboxylic acids is 2. The summed E-state index contributed by atoms with van der Waals surface area (Å²) in [7, 11) is 1.40. The zero-order chi connectivity index (χ0) is 22.4. The van der Waals surface area contributed by atoms with E-state index in [4.69, 9.17) is 10.7 Å². The molecule has 1 atom stereocenters. The summed E-state index contributed by atoms with van der Waals surface area (Å²) in [6, 6.07) is 15.7. The van der Waals surface area contributed by atoms with Crippen LogP contribution in [0, 0.1) is 5.82 Å². The number of nitrogens with zero attached hydrogens (tertiary/aromatic N) is 1. The molecule has 0 saturated heterocycles. The van der Waals surface area contributed by atoms with E-state index in [1.165, 1.54) is 30.3 Å². The molecular formula is C21H17ClFN3O4S. The maximum atomic E-state index is 13.1. The van der Waals surface area contributed by atoms with Gasteiger partial charge in [0.15, 0.2) is 0 Å². The minimum absolute atomic E-state index is 0.0380. The molecule has 1 unspecified atom stereocenters. The maximum Gasteiger partial charge on any atom is 0.270 e. The Morgan fingerprint density at radius 1 is 1.00 bits per heavy atom. The third-order valence-corrected chi connectivity index (χ3v) is 5.64. The van der Waals surface area contributed by atoms with Crippen molar-refractivity contribution in [2.75, 3.05) is 5.32 Å². The lowest BCUT2D eigenvalue weighted by atomic mass is 10.0. The first-order valence-electron chi connectivity index (χ1n) is 9.04. The molecule has 0 aliphatic carbocycles. The molecule has 0 saturated carbocycles. The standard InChI is InChI=1S/C21H17ClFN3O4S/c22-31(29,30)17-9-7-16(8-10-17)25-21(28)19(12-14-4-2-1-3-5-14)26-20(27)18-11-6-15(23)13-24-18/h1-11,13,19H,12H2,(H,25,28)(H,26,27). The summed E-state index contributed by atoms with van der Waals surface area (Å²) in [5.74, 6) is -1.75. The molecule has 0 aliphatic heterocycles. The van der Waals surface area contributed by atoms with Crippen molar-refractivity contribution in [3.63, 3.8) is 0 Å². The largest absolute Gasteiger partial charge is 0.339 e. The minimum Gasteiger partial charge on any atom is -0.339 e. The van der Waals surface area contributed by atoms with Crippen molar-refractivity contribution in [1.82, 2.24) is 10.3 Å². The van der Waals surface area contributed by atoms with Gasteiger partial charge in [0.2, 0.25) is 5.91 Å². The number of hydrogen-bond acceptors (Lipinski definition) is 5. The molecular weight excluding hydrogens is 445 g/mol. The Balaban J connectivity index is 1.78. The molecule has 2 aromatic carbocycles. The number of halogens is 2. The van der Waals surface area contributed by atoms with Gasteiger partial charge in [-0.25, -0.2) is 17.8 Å². The molecule has 0 fully saturated rings. The van der Waals surface area contributed by atoms with E-state index < -0.39 is 32.7 Å². The fourth-order valence-corrected chi connectivity index (χ4v) is 3.50. The van der Waals surface area contributed by atoms with E-state index in [-0.39, 0.29) is 17.0 Å². The molecule has 1 heterocycles. The van der Waals surface area contributed by atoms with Gasteiger partial charge in [0.05, 0.1) is 11.1 Å². The summed E-state index contributed by atoms with van der Waals surface area (Å²) in [5, 5.41) is 5.24. The topological polar surface area (TPSA) is 105 Å². The van der Waals surface area contributed by atoms with Crippen molar-refractivity contribution in [2.24, 2.45) is 0 Å². The van der Waals surface area contributed by atoms with Crippen molar-refractivity contribution >= 4 is 37.2 Å². The predicted octanol–water partition coefficient (Wildman–Crippen LogP) is 3.13. The van der Waals surface area contributed by atoms with Gasteiger partial charge in [0, 0.05) is 22.8 Å². The molecule has 0 aliphatic rings. The van der Waals surface area contributed by atoms with E-state index in [0.717, 1.165) is 17.8 Å². The van der Waals surface area contributed by atoms with Crippen molar-refractivity contribution in [3.8, 4) is 0 Å². The third kappa shape index (κ3) is 6.34. The Bertz CT molecular complexity index is 1170. The number of pyridine rings is 1. The van der Waals surface area contributed by atoms with Crippen LogP contribution >= 0.6 is 10.7 Å². The zero-order valence-corrected chi connectivity index (χ0v) is 17.5. The molecule has 0 spiro atoms. The number of rotatable bonds is 7. The highest BCUT2D eigenvalue weighted by Crippen LogP contribution is 2.18. The van der Waals surface area contributed by atoms with Crippen LogP contribution in [-0.4, -0.2) is 31.3 Å². The number of carbonyl (C=O) groups is 2. The first kappa shape index (κ1) is 22.4. The molecule has 0 bridgehead atoms. The molecule has 0 radical (unpaired) electrons. The molecule has 1 aromatic heterocycles. The fourth-order valence-electron chi connectivity index (χ4n) is 2.73. The lowest BCUT2D eigenvalue weighted by Gasteiger charge is -2.18. The third-order valence-electron chi connectivity index (χ3n) is 4.27. The summed E-state index contributed by atoms with van der Waals surface area (Å²) < 4.78 is 35.8. The van der Waals surface area contributed by atoms with Crippen molar-refractivity contribution in [2.45, 2.75) is 17.4 Å². The molecule has 31 heavy (non-hydrogen) atoms. The first-order chi connectivity index (χ1) is 14.7. The number of anilines is 1. The Morgan fingerprint density at radius 3 is 2.26 bits per heavy atom. The van der Waals surface area contributed by atoms with Crippen LogP contribution in [0.5, 0.6) is 0 Å². The van der Waals surface area contributed by atoms with E-state index in [1.54, 1.807) is 12.1 Å². The van der Waals surface area contributed by atoms with Gasteiger partial charge >= 0.3 is 0 Å². The first-order valence-corrected chi connectivity index (χ1v) is 11.4. The van der Waals surface area contributed by atoms with Crippen LogP contribution in [0.2, 0.25) is 0 Å². The van der Waals surface area contributed by atoms with Gasteiger partial charge < -0.3 is 10.6 Å². The maximum absolute atomic E-state index is 13.1. The lowest BCUT2D eigenvalue weighted by Crippen LogP contribution is -2.45. The SMILES string of the molecule is O=C(NC(Cc1ccccc1)C(=O)Nc1ccc(S(=O)(=O)Cl)cc1)c1ccc(F)cn1. The van der Waals surface area contributed by atoms with E-state index in [0.29, 0.717) is 5.69 Å². The highest BCUT2D eigenvalue weighted by atomic mass is 35.7. The average Bonchev–Trinajstić information content (AvgIpc) is 2.74. The van der Waals surface area contributed by atoms with Gasteiger partial charge in [0.1, 0.15) is 17.6 Å². The second-order valence-electron chi connectivity index (χ2n) is 6.53. The highest BCUT2D eigenvalue weighted by molar-refractivity contribution is 8.13. The Hall–Kier alpha value is -3.30. The van der Waals surface area contributed by atoms with Crippen molar-refractivity contribution in [3.05, 3.63) is 90.0 Å². The van der Waals surface area contributed by atoms with Crippen molar-refractivity contribution < 1.29 is 22.4 Å². The van der Waals surface area contributed by atoms with Gasteiger partial charge in [-0.2, -0.15) is 0 Å². The van der Waals surface area contributed by atoms with Gasteiger partial charge in [-0.3, -0.25) is 9.59 Å². The molecule has 2 amide bonds. The molecule has 2 N–H and O–H groups in total.